The number of hydrogen-bond donors (Lipinski definition) is 2. The van der Waals surface area contributed by atoms with Crippen molar-refractivity contribution in [1.82, 2.24) is 15.6 Å². The number of rotatable bonds is 4. The minimum absolute atomic E-state index is 0.0394. The lowest BCUT2D eigenvalue weighted by atomic mass is 10.2. The summed E-state index contributed by atoms with van der Waals surface area (Å²) in [5, 5.41) is 5.89. The van der Waals surface area contributed by atoms with Gasteiger partial charge in [-0.3, -0.25) is 9.78 Å². The van der Waals surface area contributed by atoms with Crippen LogP contribution in [0.4, 0.5) is 0 Å². The first-order chi connectivity index (χ1) is 8.06. The zero-order valence-corrected chi connectivity index (χ0v) is 11.2. The zero-order valence-electron chi connectivity index (χ0n) is 11.2. The lowest BCUT2D eigenvalue weighted by Crippen LogP contribution is -2.21. The van der Waals surface area contributed by atoms with Crippen molar-refractivity contribution in [2.24, 2.45) is 0 Å². The van der Waals surface area contributed by atoms with Crippen LogP contribution < -0.4 is 10.6 Å². The number of aromatic nitrogens is 1. The first-order valence-corrected chi connectivity index (χ1v) is 5.93. The minimum atomic E-state index is 0.0394. The summed E-state index contributed by atoms with van der Waals surface area (Å²) in [5.74, 6) is 0.0394. The fourth-order valence-electron chi connectivity index (χ4n) is 1.07. The molecule has 96 valence electrons. The van der Waals surface area contributed by atoms with Crippen molar-refractivity contribution in [3.63, 3.8) is 0 Å². The Labute approximate surface area is 104 Å². The fourth-order valence-corrected chi connectivity index (χ4v) is 1.07. The third-order valence-electron chi connectivity index (χ3n) is 1.86. The van der Waals surface area contributed by atoms with Crippen molar-refractivity contribution in [3.05, 3.63) is 30.1 Å². The minimum Gasteiger partial charge on any atom is -0.357 e. The highest BCUT2D eigenvalue weighted by Crippen LogP contribution is 1.94. The molecule has 0 fully saturated rings. The number of carbonyl (C=O) groups is 1. The van der Waals surface area contributed by atoms with Gasteiger partial charge in [-0.15, -0.1) is 0 Å². The molecule has 0 saturated carbocycles. The number of carbonyl (C=O) groups excluding carboxylic acids is 1. The molecule has 2 N–H and O–H groups in total. The Morgan fingerprint density at radius 2 is 2.18 bits per heavy atom. The molecule has 1 aromatic heterocycles. The number of amides is 1. The van der Waals surface area contributed by atoms with Crippen molar-refractivity contribution in [1.29, 1.82) is 0 Å². The maximum absolute atomic E-state index is 9.93. The van der Waals surface area contributed by atoms with Crippen LogP contribution >= 0.6 is 0 Å². The van der Waals surface area contributed by atoms with Crippen molar-refractivity contribution in [2.45, 2.75) is 40.3 Å². The number of pyridine rings is 1. The highest BCUT2D eigenvalue weighted by atomic mass is 16.1. The van der Waals surface area contributed by atoms with E-state index in [4.69, 9.17) is 0 Å². The average molecular weight is 237 g/mol. The van der Waals surface area contributed by atoms with E-state index in [0.29, 0.717) is 6.04 Å². The largest absolute Gasteiger partial charge is 0.357 e. The number of nitrogens with zero attached hydrogens (tertiary/aromatic N) is 1. The van der Waals surface area contributed by atoms with E-state index < -0.39 is 0 Å². The molecule has 0 radical (unpaired) electrons. The van der Waals surface area contributed by atoms with Crippen molar-refractivity contribution in [3.8, 4) is 0 Å². The van der Waals surface area contributed by atoms with E-state index in [2.05, 4.69) is 35.5 Å². The van der Waals surface area contributed by atoms with Crippen molar-refractivity contribution >= 4 is 5.91 Å². The Morgan fingerprint density at radius 1 is 1.47 bits per heavy atom. The van der Waals surface area contributed by atoms with Crippen LogP contribution in [-0.4, -0.2) is 23.5 Å². The SMILES string of the molecule is CC(C)NCc1cccnc1.CCNC(C)=O. The second-order valence-corrected chi connectivity index (χ2v) is 3.98. The lowest BCUT2D eigenvalue weighted by molar-refractivity contribution is -0.118. The predicted molar refractivity (Wildman–Crippen MR) is 70.6 cm³/mol. The Balaban J connectivity index is 0.000000366. The molecule has 0 aliphatic heterocycles. The number of nitrogens with one attached hydrogen (secondary N) is 2. The molecule has 0 bridgehead atoms. The van der Waals surface area contributed by atoms with Crippen LogP contribution in [-0.2, 0) is 11.3 Å². The summed E-state index contributed by atoms with van der Waals surface area (Å²) in [4.78, 5) is 14.0. The molecule has 1 heterocycles. The van der Waals surface area contributed by atoms with Gasteiger partial charge in [0, 0.05) is 38.4 Å². The summed E-state index contributed by atoms with van der Waals surface area (Å²) in [6.07, 6.45) is 3.67. The molecule has 4 heteroatoms. The van der Waals surface area contributed by atoms with Gasteiger partial charge in [0.15, 0.2) is 0 Å². The van der Waals surface area contributed by atoms with Crippen LogP contribution in [0, 0.1) is 0 Å². The van der Waals surface area contributed by atoms with Crippen LogP contribution in [0.1, 0.15) is 33.3 Å². The Morgan fingerprint density at radius 3 is 2.53 bits per heavy atom. The Hall–Kier alpha value is -1.42. The molecule has 0 atom stereocenters. The van der Waals surface area contributed by atoms with Crippen LogP contribution in [0.5, 0.6) is 0 Å². The maximum Gasteiger partial charge on any atom is 0.216 e. The molecule has 1 amide bonds. The normalized spacial score (nSPS) is 9.47. The molecule has 17 heavy (non-hydrogen) atoms. The third-order valence-corrected chi connectivity index (χ3v) is 1.86. The van der Waals surface area contributed by atoms with E-state index in [9.17, 15) is 4.79 Å². The third kappa shape index (κ3) is 10.9. The molecular weight excluding hydrogens is 214 g/mol. The van der Waals surface area contributed by atoms with Gasteiger partial charge in [-0.1, -0.05) is 19.9 Å². The van der Waals surface area contributed by atoms with Gasteiger partial charge in [0.25, 0.3) is 0 Å². The van der Waals surface area contributed by atoms with E-state index in [-0.39, 0.29) is 5.91 Å². The van der Waals surface area contributed by atoms with Crippen LogP contribution in [0.3, 0.4) is 0 Å². The van der Waals surface area contributed by atoms with Gasteiger partial charge in [0.2, 0.25) is 5.91 Å². The Kier molecular flexibility index (Phi) is 8.96. The first kappa shape index (κ1) is 15.6. The summed E-state index contributed by atoms with van der Waals surface area (Å²) in [6.45, 7) is 9.30. The van der Waals surface area contributed by atoms with E-state index >= 15 is 0 Å². The van der Waals surface area contributed by atoms with Crippen molar-refractivity contribution in [2.75, 3.05) is 6.54 Å². The van der Waals surface area contributed by atoms with Gasteiger partial charge in [0.1, 0.15) is 0 Å². The van der Waals surface area contributed by atoms with Gasteiger partial charge in [-0.05, 0) is 18.6 Å². The summed E-state index contributed by atoms with van der Waals surface area (Å²) in [5.41, 5.74) is 1.24. The zero-order chi connectivity index (χ0) is 13.1. The highest BCUT2D eigenvalue weighted by molar-refractivity contribution is 5.72. The maximum atomic E-state index is 9.93. The summed E-state index contributed by atoms with van der Waals surface area (Å²) in [7, 11) is 0. The van der Waals surface area contributed by atoms with E-state index in [1.807, 2.05) is 19.2 Å². The smallest absolute Gasteiger partial charge is 0.216 e. The molecule has 4 nitrogen and oxygen atoms in total. The summed E-state index contributed by atoms with van der Waals surface area (Å²) >= 11 is 0. The second kappa shape index (κ2) is 9.78. The summed E-state index contributed by atoms with van der Waals surface area (Å²) in [6, 6.07) is 4.56. The van der Waals surface area contributed by atoms with Crippen molar-refractivity contribution < 1.29 is 4.79 Å². The topological polar surface area (TPSA) is 54.0 Å². The molecule has 0 saturated heterocycles. The molecule has 1 aromatic rings. The lowest BCUT2D eigenvalue weighted by Gasteiger charge is -2.06. The van der Waals surface area contributed by atoms with Gasteiger partial charge >= 0.3 is 0 Å². The quantitative estimate of drug-likeness (QED) is 0.838. The van der Waals surface area contributed by atoms with Crippen LogP contribution in [0.2, 0.25) is 0 Å². The molecule has 0 unspecified atom stereocenters. The van der Waals surface area contributed by atoms with Crippen LogP contribution in [0.25, 0.3) is 0 Å². The van der Waals surface area contributed by atoms with E-state index in [0.717, 1.165) is 13.1 Å². The molecule has 0 aliphatic rings. The standard InChI is InChI=1S/C9H14N2.C4H9NO/c1-8(2)11-7-9-4-3-5-10-6-9;1-3-5-4(2)6/h3-6,8,11H,7H2,1-2H3;3H2,1-2H3,(H,5,6). The van der Waals surface area contributed by atoms with Gasteiger partial charge < -0.3 is 10.6 Å². The van der Waals surface area contributed by atoms with Gasteiger partial charge in [-0.25, -0.2) is 0 Å². The fraction of sp³-hybridized carbons (Fsp3) is 0.538. The first-order valence-electron chi connectivity index (χ1n) is 5.93. The predicted octanol–water partition coefficient (Wildman–Crippen LogP) is 1.72. The van der Waals surface area contributed by atoms with E-state index in [1.165, 1.54) is 12.5 Å². The molecule has 0 aromatic carbocycles. The Bertz CT molecular complexity index is 299. The number of hydrogen-bond acceptors (Lipinski definition) is 3. The van der Waals surface area contributed by atoms with Gasteiger partial charge in [0.05, 0.1) is 0 Å². The second-order valence-electron chi connectivity index (χ2n) is 3.98. The molecule has 0 spiro atoms. The molecule has 1 rings (SSSR count). The molecular formula is C13H23N3O. The monoisotopic (exact) mass is 237 g/mol. The van der Waals surface area contributed by atoms with E-state index in [1.54, 1.807) is 6.20 Å². The summed E-state index contributed by atoms with van der Waals surface area (Å²) < 4.78 is 0. The highest BCUT2D eigenvalue weighted by Gasteiger charge is 1.92. The van der Waals surface area contributed by atoms with Crippen LogP contribution in [0.15, 0.2) is 24.5 Å². The average Bonchev–Trinajstić information content (AvgIpc) is 2.28. The molecule has 0 aliphatic carbocycles. The van der Waals surface area contributed by atoms with Gasteiger partial charge in [-0.2, -0.15) is 0 Å².